The zero-order valence-electron chi connectivity index (χ0n) is 9.91. The second-order valence-electron chi connectivity index (χ2n) is 4.71. The zero-order chi connectivity index (χ0) is 11.4. The molecule has 4 heteroatoms. The van der Waals surface area contributed by atoms with Gasteiger partial charge in [-0.05, 0) is 18.9 Å². The van der Waals surface area contributed by atoms with Crippen molar-refractivity contribution in [2.45, 2.75) is 32.2 Å². The predicted molar refractivity (Wildman–Crippen MR) is 60.1 cm³/mol. The van der Waals surface area contributed by atoms with Gasteiger partial charge in [0.15, 0.2) is 0 Å². The average molecular weight is 227 g/mol. The van der Waals surface area contributed by atoms with Crippen molar-refractivity contribution in [2.75, 3.05) is 26.4 Å². The van der Waals surface area contributed by atoms with Gasteiger partial charge in [-0.3, -0.25) is 4.79 Å². The highest BCUT2D eigenvalue weighted by atomic mass is 16.5. The Kier molecular flexibility index (Phi) is 4.18. The number of likely N-dealkylation sites (N-methyl/N-ethyl adjacent to an activating group) is 1. The number of ether oxygens (including phenoxy) is 2. The molecule has 0 aromatic heterocycles. The molecular formula is C12H21NO3. The number of carbonyl (C=O) groups is 1. The standard InChI is InChI=1S/C12H21NO3/c1-2-13-11-8-15-7-10(11)12(14)16-6-5-9-3-4-9/h9-11,13H,2-8H2,1H3. The van der Waals surface area contributed by atoms with Gasteiger partial charge in [-0.25, -0.2) is 0 Å². The topological polar surface area (TPSA) is 47.6 Å². The summed E-state index contributed by atoms with van der Waals surface area (Å²) in [6, 6.07) is 0.137. The number of carbonyl (C=O) groups excluding carboxylic acids is 1. The lowest BCUT2D eigenvalue weighted by Gasteiger charge is -2.16. The van der Waals surface area contributed by atoms with Crippen LogP contribution in [-0.4, -0.2) is 38.4 Å². The number of nitrogens with one attached hydrogen (secondary N) is 1. The Morgan fingerprint density at radius 3 is 2.94 bits per heavy atom. The molecule has 2 atom stereocenters. The molecule has 16 heavy (non-hydrogen) atoms. The van der Waals surface area contributed by atoms with Gasteiger partial charge in [-0.2, -0.15) is 0 Å². The first-order valence-corrected chi connectivity index (χ1v) is 6.29. The Balaban J connectivity index is 1.69. The van der Waals surface area contributed by atoms with Crippen molar-refractivity contribution < 1.29 is 14.3 Å². The number of esters is 1. The van der Waals surface area contributed by atoms with E-state index in [1.165, 1.54) is 12.8 Å². The molecule has 0 spiro atoms. The number of rotatable bonds is 6. The minimum atomic E-state index is -0.112. The van der Waals surface area contributed by atoms with Crippen LogP contribution in [0.15, 0.2) is 0 Å². The molecule has 2 fully saturated rings. The molecule has 1 aliphatic carbocycles. The first-order valence-electron chi connectivity index (χ1n) is 6.29. The van der Waals surface area contributed by atoms with Crippen molar-refractivity contribution in [1.82, 2.24) is 5.32 Å². The van der Waals surface area contributed by atoms with E-state index in [0.29, 0.717) is 19.8 Å². The molecule has 0 radical (unpaired) electrons. The summed E-state index contributed by atoms with van der Waals surface area (Å²) in [7, 11) is 0. The van der Waals surface area contributed by atoms with Gasteiger partial charge in [0.2, 0.25) is 0 Å². The fourth-order valence-electron chi connectivity index (χ4n) is 2.09. The van der Waals surface area contributed by atoms with Gasteiger partial charge in [-0.1, -0.05) is 19.8 Å². The van der Waals surface area contributed by atoms with Crippen LogP contribution in [-0.2, 0) is 14.3 Å². The van der Waals surface area contributed by atoms with Crippen LogP contribution in [0.25, 0.3) is 0 Å². The van der Waals surface area contributed by atoms with E-state index in [-0.39, 0.29) is 17.9 Å². The maximum atomic E-state index is 11.8. The van der Waals surface area contributed by atoms with Crippen LogP contribution in [0.3, 0.4) is 0 Å². The van der Waals surface area contributed by atoms with Crippen molar-refractivity contribution in [3.8, 4) is 0 Å². The predicted octanol–water partition coefficient (Wildman–Crippen LogP) is 0.954. The van der Waals surface area contributed by atoms with E-state index in [0.717, 1.165) is 18.9 Å². The molecule has 1 aliphatic heterocycles. The second-order valence-corrected chi connectivity index (χ2v) is 4.71. The fraction of sp³-hybridized carbons (Fsp3) is 0.917. The van der Waals surface area contributed by atoms with Gasteiger partial charge < -0.3 is 14.8 Å². The van der Waals surface area contributed by atoms with Crippen LogP contribution in [0.4, 0.5) is 0 Å². The van der Waals surface area contributed by atoms with E-state index in [2.05, 4.69) is 5.32 Å². The molecule has 1 saturated carbocycles. The SMILES string of the molecule is CCNC1COCC1C(=O)OCCC1CC1. The zero-order valence-corrected chi connectivity index (χ0v) is 9.91. The van der Waals surface area contributed by atoms with Crippen LogP contribution in [0.5, 0.6) is 0 Å². The highest BCUT2D eigenvalue weighted by molar-refractivity contribution is 5.73. The maximum Gasteiger partial charge on any atom is 0.312 e. The fourth-order valence-corrected chi connectivity index (χ4v) is 2.09. The molecule has 1 N–H and O–H groups in total. The van der Waals surface area contributed by atoms with Gasteiger partial charge in [0.25, 0.3) is 0 Å². The quantitative estimate of drug-likeness (QED) is 0.686. The van der Waals surface area contributed by atoms with Crippen molar-refractivity contribution in [3.05, 3.63) is 0 Å². The molecule has 0 bridgehead atoms. The lowest BCUT2D eigenvalue weighted by Crippen LogP contribution is -2.39. The first-order chi connectivity index (χ1) is 7.81. The largest absolute Gasteiger partial charge is 0.465 e. The summed E-state index contributed by atoms with van der Waals surface area (Å²) in [5, 5.41) is 3.26. The highest BCUT2D eigenvalue weighted by Crippen LogP contribution is 2.32. The summed E-state index contributed by atoms with van der Waals surface area (Å²) in [5.74, 6) is 0.612. The smallest absolute Gasteiger partial charge is 0.312 e. The van der Waals surface area contributed by atoms with Gasteiger partial charge in [-0.15, -0.1) is 0 Å². The van der Waals surface area contributed by atoms with Gasteiger partial charge in [0, 0.05) is 6.04 Å². The van der Waals surface area contributed by atoms with Crippen molar-refractivity contribution in [1.29, 1.82) is 0 Å². The third-order valence-corrected chi connectivity index (χ3v) is 3.32. The third-order valence-electron chi connectivity index (χ3n) is 3.32. The minimum Gasteiger partial charge on any atom is -0.465 e. The van der Waals surface area contributed by atoms with Crippen molar-refractivity contribution in [3.63, 3.8) is 0 Å². The lowest BCUT2D eigenvalue weighted by molar-refractivity contribution is -0.149. The van der Waals surface area contributed by atoms with Crippen LogP contribution < -0.4 is 5.32 Å². The van der Waals surface area contributed by atoms with Crippen molar-refractivity contribution >= 4 is 5.97 Å². The summed E-state index contributed by atoms with van der Waals surface area (Å²) in [6.45, 7) is 4.60. The molecule has 92 valence electrons. The monoisotopic (exact) mass is 227 g/mol. The van der Waals surface area contributed by atoms with Crippen molar-refractivity contribution in [2.24, 2.45) is 11.8 Å². The normalized spacial score (nSPS) is 29.3. The van der Waals surface area contributed by atoms with E-state index < -0.39 is 0 Å². The van der Waals surface area contributed by atoms with E-state index in [1.807, 2.05) is 6.92 Å². The lowest BCUT2D eigenvalue weighted by atomic mass is 10.0. The molecule has 1 heterocycles. The highest BCUT2D eigenvalue weighted by Gasteiger charge is 2.34. The van der Waals surface area contributed by atoms with E-state index in [4.69, 9.17) is 9.47 Å². The van der Waals surface area contributed by atoms with E-state index >= 15 is 0 Å². The maximum absolute atomic E-state index is 11.8. The summed E-state index contributed by atoms with van der Waals surface area (Å²) >= 11 is 0. The Hall–Kier alpha value is -0.610. The van der Waals surface area contributed by atoms with E-state index in [1.54, 1.807) is 0 Å². The molecule has 2 aliphatic rings. The Morgan fingerprint density at radius 2 is 2.25 bits per heavy atom. The molecule has 0 amide bonds. The molecule has 1 saturated heterocycles. The third kappa shape index (κ3) is 3.19. The molecule has 0 aromatic carbocycles. The summed E-state index contributed by atoms with van der Waals surface area (Å²) in [4.78, 5) is 11.8. The molecule has 4 nitrogen and oxygen atoms in total. The van der Waals surface area contributed by atoms with Crippen LogP contribution in [0.2, 0.25) is 0 Å². The molecular weight excluding hydrogens is 206 g/mol. The Morgan fingerprint density at radius 1 is 1.44 bits per heavy atom. The second kappa shape index (κ2) is 5.64. The van der Waals surface area contributed by atoms with Crippen LogP contribution in [0, 0.1) is 11.8 Å². The summed E-state index contributed by atoms with van der Waals surface area (Å²) in [6.07, 6.45) is 3.65. The average Bonchev–Trinajstić information content (AvgIpc) is 2.97. The Labute approximate surface area is 96.7 Å². The first kappa shape index (κ1) is 11.9. The van der Waals surface area contributed by atoms with Gasteiger partial charge in [0.1, 0.15) is 0 Å². The summed E-state index contributed by atoms with van der Waals surface area (Å²) < 4.78 is 10.6. The van der Waals surface area contributed by atoms with Crippen LogP contribution >= 0.6 is 0 Å². The van der Waals surface area contributed by atoms with Crippen LogP contribution in [0.1, 0.15) is 26.2 Å². The van der Waals surface area contributed by atoms with Gasteiger partial charge in [0.05, 0.1) is 25.7 Å². The number of hydrogen-bond acceptors (Lipinski definition) is 4. The molecule has 0 aromatic rings. The molecule has 2 rings (SSSR count). The summed E-state index contributed by atoms with van der Waals surface area (Å²) in [5.41, 5.74) is 0. The van der Waals surface area contributed by atoms with E-state index in [9.17, 15) is 4.79 Å². The Bertz CT molecular complexity index is 240. The number of hydrogen-bond donors (Lipinski definition) is 1. The molecule has 2 unspecified atom stereocenters. The minimum absolute atomic E-state index is 0.0934. The van der Waals surface area contributed by atoms with Gasteiger partial charge >= 0.3 is 5.97 Å².